The van der Waals surface area contributed by atoms with E-state index in [-0.39, 0.29) is 17.2 Å². The molecule has 0 aliphatic heterocycles. The SMILES string of the molecule is O=Cc1cc(F)c(OCc2cccc(Cl)c2Cl)c(F)c1. The first kappa shape index (κ1) is 14.8. The predicted molar refractivity (Wildman–Crippen MR) is 72.5 cm³/mol. The molecule has 0 aliphatic rings. The van der Waals surface area contributed by atoms with E-state index in [4.69, 9.17) is 27.9 Å². The molecule has 104 valence electrons. The number of rotatable bonds is 4. The zero-order valence-electron chi connectivity index (χ0n) is 10.00. The van der Waals surface area contributed by atoms with E-state index in [0.717, 1.165) is 12.1 Å². The summed E-state index contributed by atoms with van der Waals surface area (Å²) < 4.78 is 32.3. The van der Waals surface area contributed by atoms with E-state index in [9.17, 15) is 13.6 Å². The third-order valence-corrected chi connectivity index (χ3v) is 3.42. The molecule has 0 spiro atoms. The lowest BCUT2D eigenvalue weighted by Gasteiger charge is -2.10. The summed E-state index contributed by atoms with van der Waals surface area (Å²) in [6.45, 7) is -0.145. The molecule has 2 aromatic rings. The highest BCUT2D eigenvalue weighted by Crippen LogP contribution is 2.28. The maximum absolute atomic E-state index is 13.6. The van der Waals surface area contributed by atoms with Crippen LogP contribution in [0.1, 0.15) is 15.9 Å². The van der Waals surface area contributed by atoms with Gasteiger partial charge in [-0.3, -0.25) is 4.79 Å². The molecule has 0 fully saturated rings. The van der Waals surface area contributed by atoms with Crippen LogP contribution in [0.3, 0.4) is 0 Å². The standard InChI is InChI=1S/C14H8Cl2F2O2/c15-10-3-1-2-9(13(10)16)7-20-14-11(17)4-8(6-19)5-12(14)18/h1-6H,7H2. The summed E-state index contributed by atoms with van der Waals surface area (Å²) in [5.41, 5.74) is 0.394. The molecule has 0 heterocycles. The van der Waals surface area contributed by atoms with Gasteiger partial charge in [-0.25, -0.2) is 8.78 Å². The van der Waals surface area contributed by atoms with E-state index < -0.39 is 17.4 Å². The van der Waals surface area contributed by atoms with Crippen LogP contribution in [0.2, 0.25) is 10.0 Å². The highest BCUT2D eigenvalue weighted by molar-refractivity contribution is 6.42. The van der Waals surface area contributed by atoms with Crippen LogP contribution in [0.4, 0.5) is 8.78 Å². The van der Waals surface area contributed by atoms with Crippen LogP contribution in [0.5, 0.6) is 5.75 Å². The molecule has 2 rings (SSSR count). The zero-order chi connectivity index (χ0) is 14.7. The van der Waals surface area contributed by atoms with Gasteiger partial charge < -0.3 is 4.74 Å². The van der Waals surface area contributed by atoms with Crippen LogP contribution >= 0.6 is 23.2 Å². The van der Waals surface area contributed by atoms with Crippen molar-refractivity contribution in [2.75, 3.05) is 0 Å². The first-order valence-corrected chi connectivity index (χ1v) is 6.28. The Morgan fingerprint density at radius 1 is 1.15 bits per heavy atom. The Bertz CT molecular complexity index is 637. The Morgan fingerprint density at radius 3 is 2.40 bits per heavy atom. The number of carbonyl (C=O) groups is 1. The Balaban J connectivity index is 2.23. The van der Waals surface area contributed by atoms with E-state index in [0.29, 0.717) is 16.9 Å². The van der Waals surface area contributed by atoms with Crippen LogP contribution in [0.25, 0.3) is 0 Å². The Labute approximate surface area is 123 Å². The molecule has 0 unspecified atom stereocenters. The normalized spacial score (nSPS) is 10.4. The number of hydrogen-bond donors (Lipinski definition) is 0. The van der Waals surface area contributed by atoms with Crippen LogP contribution in [0.15, 0.2) is 30.3 Å². The molecule has 0 radical (unpaired) electrons. The summed E-state index contributed by atoms with van der Waals surface area (Å²) >= 11 is 11.8. The van der Waals surface area contributed by atoms with Crippen molar-refractivity contribution in [2.24, 2.45) is 0 Å². The van der Waals surface area contributed by atoms with Crippen LogP contribution < -0.4 is 4.74 Å². The van der Waals surface area contributed by atoms with E-state index in [1.165, 1.54) is 0 Å². The highest BCUT2D eigenvalue weighted by Gasteiger charge is 2.14. The number of benzene rings is 2. The van der Waals surface area contributed by atoms with Crippen molar-refractivity contribution in [3.63, 3.8) is 0 Å². The van der Waals surface area contributed by atoms with E-state index in [2.05, 4.69) is 0 Å². The predicted octanol–water partition coefficient (Wildman–Crippen LogP) is 4.66. The Kier molecular flexibility index (Phi) is 4.57. The molecule has 2 aromatic carbocycles. The molecule has 0 saturated heterocycles. The second-order valence-electron chi connectivity index (χ2n) is 3.93. The van der Waals surface area contributed by atoms with E-state index >= 15 is 0 Å². The lowest BCUT2D eigenvalue weighted by Crippen LogP contribution is -2.01. The molecular weight excluding hydrogens is 309 g/mol. The van der Waals surface area contributed by atoms with Crippen molar-refractivity contribution in [3.8, 4) is 5.75 Å². The van der Waals surface area contributed by atoms with Crippen molar-refractivity contribution >= 4 is 29.5 Å². The summed E-state index contributed by atoms with van der Waals surface area (Å²) in [5, 5.41) is 0.588. The fourth-order valence-corrected chi connectivity index (χ4v) is 1.97. The molecule has 0 bridgehead atoms. The van der Waals surface area contributed by atoms with Crippen molar-refractivity contribution in [1.82, 2.24) is 0 Å². The molecular formula is C14H8Cl2F2O2. The van der Waals surface area contributed by atoms with Gasteiger partial charge in [0.1, 0.15) is 12.9 Å². The quantitative estimate of drug-likeness (QED) is 0.767. The van der Waals surface area contributed by atoms with Crippen LogP contribution in [-0.4, -0.2) is 6.29 Å². The summed E-state index contributed by atoms with van der Waals surface area (Å²) in [7, 11) is 0. The Hall–Kier alpha value is -1.65. The van der Waals surface area contributed by atoms with Crippen LogP contribution in [-0.2, 0) is 6.61 Å². The minimum Gasteiger partial charge on any atom is -0.483 e. The van der Waals surface area contributed by atoms with Crippen LogP contribution in [0, 0.1) is 11.6 Å². The average Bonchev–Trinajstić information content (AvgIpc) is 2.42. The molecule has 0 N–H and O–H groups in total. The zero-order valence-corrected chi connectivity index (χ0v) is 11.5. The molecule has 0 aliphatic carbocycles. The lowest BCUT2D eigenvalue weighted by molar-refractivity contribution is 0.112. The van der Waals surface area contributed by atoms with Crippen molar-refractivity contribution < 1.29 is 18.3 Å². The van der Waals surface area contributed by atoms with Gasteiger partial charge in [0.05, 0.1) is 10.0 Å². The minimum atomic E-state index is -0.953. The van der Waals surface area contributed by atoms with Gasteiger partial charge in [0.15, 0.2) is 17.4 Å². The number of aldehydes is 1. The van der Waals surface area contributed by atoms with Gasteiger partial charge in [0.25, 0.3) is 0 Å². The largest absolute Gasteiger partial charge is 0.483 e. The fraction of sp³-hybridized carbons (Fsp3) is 0.0714. The first-order chi connectivity index (χ1) is 9.52. The van der Waals surface area contributed by atoms with Gasteiger partial charge in [-0.1, -0.05) is 35.3 Å². The highest BCUT2D eigenvalue weighted by atomic mass is 35.5. The maximum Gasteiger partial charge on any atom is 0.191 e. The molecule has 6 heteroatoms. The van der Waals surface area contributed by atoms with Gasteiger partial charge in [-0.05, 0) is 18.2 Å². The first-order valence-electron chi connectivity index (χ1n) is 5.53. The van der Waals surface area contributed by atoms with E-state index in [1.54, 1.807) is 18.2 Å². The van der Waals surface area contributed by atoms with Gasteiger partial charge in [0.2, 0.25) is 0 Å². The fourth-order valence-electron chi connectivity index (χ4n) is 1.60. The molecule has 0 amide bonds. The van der Waals surface area contributed by atoms with Crippen molar-refractivity contribution in [3.05, 3.63) is 63.1 Å². The molecule has 0 atom stereocenters. The maximum atomic E-state index is 13.6. The number of hydrogen-bond acceptors (Lipinski definition) is 2. The molecule has 0 aromatic heterocycles. The Morgan fingerprint density at radius 2 is 1.80 bits per heavy atom. The number of halogens is 4. The second-order valence-corrected chi connectivity index (χ2v) is 4.72. The summed E-state index contributed by atoms with van der Waals surface area (Å²) in [6, 6.07) is 6.66. The molecule has 2 nitrogen and oxygen atoms in total. The van der Waals surface area contributed by atoms with Gasteiger partial charge in [-0.2, -0.15) is 0 Å². The summed E-state index contributed by atoms with van der Waals surface area (Å²) in [4.78, 5) is 10.5. The van der Waals surface area contributed by atoms with Crippen molar-refractivity contribution in [2.45, 2.75) is 6.61 Å². The number of carbonyl (C=O) groups excluding carboxylic acids is 1. The monoisotopic (exact) mass is 316 g/mol. The third-order valence-electron chi connectivity index (χ3n) is 2.56. The summed E-state index contributed by atoms with van der Waals surface area (Å²) in [6.07, 6.45) is 0.351. The minimum absolute atomic E-state index is 0.104. The molecule has 0 saturated carbocycles. The summed E-state index contributed by atoms with van der Waals surface area (Å²) in [5.74, 6) is -2.47. The second kappa shape index (κ2) is 6.20. The molecule has 20 heavy (non-hydrogen) atoms. The van der Waals surface area contributed by atoms with Crippen molar-refractivity contribution in [1.29, 1.82) is 0 Å². The topological polar surface area (TPSA) is 26.3 Å². The van der Waals surface area contributed by atoms with Gasteiger partial charge in [-0.15, -0.1) is 0 Å². The van der Waals surface area contributed by atoms with Gasteiger partial charge in [0, 0.05) is 11.1 Å². The van der Waals surface area contributed by atoms with Gasteiger partial charge >= 0.3 is 0 Å². The lowest BCUT2D eigenvalue weighted by atomic mass is 10.2. The van der Waals surface area contributed by atoms with E-state index in [1.807, 2.05) is 0 Å². The smallest absolute Gasteiger partial charge is 0.191 e. The third kappa shape index (κ3) is 3.08. The number of ether oxygens (including phenoxy) is 1. The average molecular weight is 317 g/mol.